The van der Waals surface area contributed by atoms with Gasteiger partial charge in [-0.1, -0.05) is 18.2 Å². The van der Waals surface area contributed by atoms with Gasteiger partial charge in [0.25, 0.3) is 0 Å². The molecule has 0 radical (unpaired) electrons. The molecule has 1 heterocycles. The summed E-state index contributed by atoms with van der Waals surface area (Å²) in [5.74, 6) is -5.05. The number of aliphatic carboxylic acids is 2. The Morgan fingerprint density at radius 1 is 1.00 bits per heavy atom. The van der Waals surface area contributed by atoms with Gasteiger partial charge in [-0.15, -0.1) is 0 Å². The summed E-state index contributed by atoms with van der Waals surface area (Å²) < 4.78 is 0. The van der Waals surface area contributed by atoms with E-state index in [2.05, 4.69) is 33.6 Å². The van der Waals surface area contributed by atoms with E-state index in [4.69, 9.17) is 10.8 Å². The number of hydrogen-bond donors (Lipinski definition) is 8. The van der Waals surface area contributed by atoms with Crippen LogP contribution in [0.3, 0.4) is 0 Å². The van der Waals surface area contributed by atoms with Gasteiger partial charge in [0.1, 0.15) is 18.1 Å². The molecule has 2 aromatic rings. The van der Waals surface area contributed by atoms with Gasteiger partial charge >= 0.3 is 11.9 Å². The van der Waals surface area contributed by atoms with Crippen molar-refractivity contribution in [3.63, 3.8) is 0 Å². The third kappa shape index (κ3) is 7.22. The standard InChI is InChI=1S/C21H27N5O7S/c1-10(24-19(30)13(22)7-17(27)28)18(29)25-15(20(31)26-16(9-34)21(32)33)6-11-8-23-14-5-3-2-4-12(11)14/h2-5,8,10,13,15-16,23,34H,6-7,9,22H2,1H3,(H,24,30)(H,25,29)(H,26,31)(H,27,28)(H,32,33). The van der Waals surface area contributed by atoms with E-state index in [0.717, 1.165) is 10.9 Å². The van der Waals surface area contributed by atoms with Gasteiger partial charge in [-0.05, 0) is 18.6 Å². The van der Waals surface area contributed by atoms with Crippen molar-refractivity contribution in [3.8, 4) is 0 Å². The fraction of sp³-hybridized carbons (Fsp3) is 0.381. The van der Waals surface area contributed by atoms with Crippen molar-refractivity contribution in [2.75, 3.05) is 5.75 Å². The second-order valence-corrected chi connectivity index (χ2v) is 8.01. The molecule has 3 amide bonds. The first-order valence-electron chi connectivity index (χ1n) is 10.3. The van der Waals surface area contributed by atoms with Crippen LogP contribution in [0, 0.1) is 0 Å². The number of amides is 3. The highest BCUT2D eigenvalue weighted by Gasteiger charge is 2.29. The number of nitrogens with two attached hydrogens (primary N) is 1. The van der Waals surface area contributed by atoms with E-state index in [1.54, 1.807) is 6.20 Å². The number of carboxylic acids is 2. The Morgan fingerprint density at radius 2 is 1.65 bits per heavy atom. The lowest BCUT2D eigenvalue weighted by Crippen LogP contribution is -2.57. The summed E-state index contributed by atoms with van der Waals surface area (Å²) in [6.07, 6.45) is 1.09. The molecule has 1 aromatic carbocycles. The van der Waals surface area contributed by atoms with E-state index < -0.39 is 60.2 Å². The zero-order valence-corrected chi connectivity index (χ0v) is 19.2. The number of hydrogen-bond acceptors (Lipinski definition) is 7. The van der Waals surface area contributed by atoms with Crippen molar-refractivity contribution in [2.45, 2.75) is 43.9 Å². The average molecular weight is 494 g/mol. The Hall–Kier alpha value is -3.58. The molecule has 1 aromatic heterocycles. The van der Waals surface area contributed by atoms with Crippen molar-refractivity contribution < 1.29 is 34.2 Å². The van der Waals surface area contributed by atoms with Crippen molar-refractivity contribution >= 4 is 53.2 Å². The largest absolute Gasteiger partial charge is 0.481 e. The molecule has 34 heavy (non-hydrogen) atoms. The Morgan fingerprint density at radius 3 is 2.26 bits per heavy atom. The number of rotatable bonds is 12. The van der Waals surface area contributed by atoms with Crippen LogP contribution in [0.2, 0.25) is 0 Å². The number of aromatic amines is 1. The average Bonchev–Trinajstić information content (AvgIpc) is 3.18. The summed E-state index contributed by atoms with van der Waals surface area (Å²) in [6.45, 7) is 1.34. The van der Waals surface area contributed by atoms with Crippen LogP contribution in [0.1, 0.15) is 18.9 Å². The Bertz CT molecular complexity index is 1070. The fourth-order valence-corrected chi connectivity index (χ4v) is 3.40. The topological polar surface area (TPSA) is 204 Å². The summed E-state index contributed by atoms with van der Waals surface area (Å²) in [5.41, 5.74) is 7.02. The van der Waals surface area contributed by atoms with Crippen molar-refractivity contribution in [3.05, 3.63) is 36.0 Å². The minimum atomic E-state index is -1.36. The van der Waals surface area contributed by atoms with E-state index in [9.17, 15) is 29.1 Å². The van der Waals surface area contributed by atoms with Gasteiger partial charge in [0, 0.05) is 29.3 Å². The molecule has 0 aliphatic carbocycles. The molecule has 0 aliphatic heterocycles. The van der Waals surface area contributed by atoms with Gasteiger partial charge in [-0.3, -0.25) is 19.2 Å². The minimum absolute atomic E-state index is 0.0275. The number of nitrogens with one attached hydrogen (secondary N) is 4. The maximum Gasteiger partial charge on any atom is 0.327 e. The smallest absolute Gasteiger partial charge is 0.327 e. The Balaban J connectivity index is 2.18. The van der Waals surface area contributed by atoms with Crippen LogP contribution in [0.5, 0.6) is 0 Å². The highest BCUT2D eigenvalue weighted by Crippen LogP contribution is 2.19. The molecule has 0 saturated heterocycles. The highest BCUT2D eigenvalue weighted by atomic mass is 32.1. The van der Waals surface area contributed by atoms with Gasteiger partial charge < -0.3 is 36.9 Å². The minimum Gasteiger partial charge on any atom is -0.481 e. The van der Waals surface area contributed by atoms with Crippen LogP contribution in [0.15, 0.2) is 30.5 Å². The molecule has 2 rings (SSSR count). The summed E-state index contributed by atoms with van der Waals surface area (Å²) >= 11 is 3.93. The lowest BCUT2D eigenvalue weighted by atomic mass is 10.0. The number of carboxylic acid groups (broad SMARTS) is 2. The molecule has 13 heteroatoms. The Labute approximate surface area is 200 Å². The molecule has 0 bridgehead atoms. The lowest BCUT2D eigenvalue weighted by Gasteiger charge is -2.23. The van der Waals surface area contributed by atoms with Gasteiger partial charge in [-0.25, -0.2) is 4.79 Å². The van der Waals surface area contributed by atoms with Crippen LogP contribution < -0.4 is 21.7 Å². The van der Waals surface area contributed by atoms with E-state index >= 15 is 0 Å². The summed E-state index contributed by atoms with van der Waals surface area (Å²) in [5, 5.41) is 26.0. The van der Waals surface area contributed by atoms with Gasteiger partial charge in [0.05, 0.1) is 12.5 Å². The monoisotopic (exact) mass is 493 g/mol. The molecule has 184 valence electrons. The predicted molar refractivity (Wildman–Crippen MR) is 125 cm³/mol. The number of carbonyl (C=O) groups is 5. The zero-order chi connectivity index (χ0) is 25.4. The van der Waals surface area contributed by atoms with E-state index in [0.29, 0.717) is 5.56 Å². The van der Waals surface area contributed by atoms with E-state index in [1.807, 2.05) is 24.3 Å². The third-order valence-corrected chi connectivity index (χ3v) is 5.38. The first-order chi connectivity index (χ1) is 16.0. The van der Waals surface area contributed by atoms with Gasteiger partial charge in [0.15, 0.2) is 0 Å². The number of carbonyl (C=O) groups excluding carboxylic acids is 3. The SMILES string of the molecule is CC(NC(=O)C(N)CC(=O)O)C(=O)NC(Cc1c[nH]c2ccccc12)C(=O)NC(CS)C(=O)O. The maximum atomic E-state index is 12.9. The van der Waals surface area contributed by atoms with Crippen molar-refractivity contribution in [2.24, 2.45) is 5.73 Å². The fourth-order valence-electron chi connectivity index (χ4n) is 3.15. The first kappa shape index (κ1) is 26.7. The molecule has 0 saturated carbocycles. The number of para-hydroxylation sites is 1. The van der Waals surface area contributed by atoms with Gasteiger partial charge in [-0.2, -0.15) is 12.6 Å². The summed E-state index contributed by atoms with van der Waals surface area (Å²) in [7, 11) is 0. The zero-order valence-electron chi connectivity index (χ0n) is 18.3. The molecular formula is C21H27N5O7S. The molecule has 8 N–H and O–H groups in total. The predicted octanol–water partition coefficient (Wildman–Crippen LogP) is -0.999. The van der Waals surface area contributed by atoms with Gasteiger partial charge in [0.2, 0.25) is 17.7 Å². The second kappa shape index (κ2) is 12.0. The molecule has 4 unspecified atom stereocenters. The highest BCUT2D eigenvalue weighted by molar-refractivity contribution is 7.80. The van der Waals surface area contributed by atoms with Crippen molar-refractivity contribution in [1.82, 2.24) is 20.9 Å². The van der Waals surface area contributed by atoms with E-state index in [-0.39, 0.29) is 12.2 Å². The van der Waals surface area contributed by atoms with E-state index in [1.165, 1.54) is 6.92 Å². The number of fused-ring (bicyclic) bond motifs is 1. The number of aromatic nitrogens is 1. The number of benzene rings is 1. The van der Waals surface area contributed by atoms with Crippen LogP contribution in [-0.2, 0) is 30.4 Å². The van der Waals surface area contributed by atoms with Crippen LogP contribution >= 0.6 is 12.6 Å². The molecular weight excluding hydrogens is 466 g/mol. The summed E-state index contributed by atoms with van der Waals surface area (Å²) in [4.78, 5) is 62.7. The number of H-pyrrole nitrogens is 1. The normalized spacial score (nSPS) is 14.4. The van der Waals surface area contributed by atoms with Crippen LogP contribution in [-0.4, -0.2) is 74.8 Å². The first-order valence-corrected chi connectivity index (χ1v) is 10.9. The third-order valence-electron chi connectivity index (χ3n) is 5.01. The number of thiol groups is 1. The molecule has 12 nitrogen and oxygen atoms in total. The molecule has 0 spiro atoms. The quantitative estimate of drug-likeness (QED) is 0.172. The van der Waals surface area contributed by atoms with Crippen LogP contribution in [0.25, 0.3) is 10.9 Å². The lowest BCUT2D eigenvalue weighted by molar-refractivity contribution is -0.141. The maximum absolute atomic E-state index is 12.9. The molecule has 0 aliphatic rings. The molecule has 4 atom stereocenters. The molecule has 0 fully saturated rings. The Kier molecular flexibility index (Phi) is 9.45. The second-order valence-electron chi connectivity index (χ2n) is 7.64. The van der Waals surface area contributed by atoms with Crippen molar-refractivity contribution in [1.29, 1.82) is 0 Å². The summed E-state index contributed by atoms with van der Waals surface area (Å²) in [6, 6.07) is 2.36. The van der Waals surface area contributed by atoms with Crippen LogP contribution in [0.4, 0.5) is 0 Å².